The van der Waals surface area contributed by atoms with Crippen molar-refractivity contribution in [3.8, 4) is 9.88 Å². The van der Waals surface area contributed by atoms with Crippen LogP contribution in [0.5, 0.6) is 0 Å². The lowest BCUT2D eigenvalue weighted by molar-refractivity contribution is 0.205. The topological polar surface area (TPSA) is 46.8 Å². The first-order valence-corrected chi connectivity index (χ1v) is 9.75. The molecule has 4 heterocycles. The number of hydrogen-bond donors (Lipinski definition) is 0. The van der Waals surface area contributed by atoms with Gasteiger partial charge in [-0.1, -0.05) is 6.07 Å². The minimum Gasteiger partial charge on any atom is -0.312 e. The Kier molecular flexibility index (Phi) is 3.31. The number of thiazole rings is 1. The zero-order valence-corrected chi connectivity index (χ0v) is 14.3. The number of hydrogen-bond acceptors (Lipinski definition) is 6. The monoisotopic (exact) mass is 343 g/mol. The molecule has 1 fully saturated rings. The van der Waals surface area contributed by atoms with E-state index in [9.17, 15) is 0 Å². The van der Waals surface area contributed by atoms with Crippen molar-refractivity contribution in [3.63, 3.8) is 0 Å². The molecule has 23 heavy (non-hydrogen) atoms. The normalized spacial score (nSPS) is 18.3. The number of aromatic nitrogens is 4. The van der Waals surface area contributed by atoms with E-state index in [2.05, 4.69) is 42.6 Å². The molecule has 2 aliphatic rings. The number of fused-ring (bicyclic) bond motifs is 1. The van der Waals surface area contributed by atoms with E-state index in [-0.39, 0.29) is 0 Å². The maximum Gasteiger partial charge on any atom is 0.147 e. The summed E-state index contributed by atoms with van der Waals surface area (Å²) < 4.78 is 2.34. The van der Waals surface area contributed by atoms with Gasteiger partial charge in [0, 0.05) is 30.9 Å². The van der Waals surface area contributed by atoms with Gasteiger partial charge in [-0.05, 0) is 24.3 Å². The fourth-order valence-corrected chi connectivity index (χ4v) is 4.76. The molecule has 3 aromatic heterocycles. The highest BCUT2D eigenvalue weighted by molar-refractivity contribution is 7.20. The summed E-state index contributed by atoms with van der Waals surface area (Å²) in [6.07, 6.45) is 2.57. The zero-order chi connectivity index (χ0) is 15.2. The Labute approximate surface area is 142 Å². The first-order chi connectivity index (χ1) is 11.4. The van der Waals surface area contributed by atoms with Crippen molar-refractivity contribution < 1.29 is 0 Å². The van der Waals surface area contributed by atoms with E-state index in [1.807, 2.05) is 0 Å². The van der Waals surface area contributed by atoms with Crippen LogP contribution in [0.4, 0.5) is 0 Å². The Morgan fingerprint density at radius 1 is 1.17 bits per heavy atom. The van der Waals surface area contributed by atoms with Crippen molar-refractivity contribution in [3.05, 3.63) is 40.2 Å². The molecular weight excluding hydrogens is 326 g/mol. The molecular formula is C16H17N5S2. The second-order valence-corrected chi connectivity index (χ2v) is 8.04. The average Bonchev–Trinajstić information content (AvgIpc) is 2.99. The number of rotatable bonds is 4. The smallest absolute Gasteiger partial charge is 0.147 e. The van der Waals surface area contributed by atoms with Gasteiger partial charge in [-0.15, -0.1) is 32.9 Å². The third kappa shape index (κ3) is 2.62. The second-order valence-electron chi connectivity index (χ2n) is 6.23. The highest BCUT2D eigenvalue weighted by Gasteiger charge is 2.32. The van der Waals surface area contributed by atoms with Crippen LogP contribution in [0, 0.1) is 0 Å². The van der Waals surface area contributed by atoms with E-state index in [0.29, 0.717) is 5.92 Å². The lowest BCUT2D eigenvalue weighted by Crippen LogP contribution is -2.34. The molecule has 7 heteroatoms. The zero-order valence-electron chi connectivity index (χ0n) is 12.7. The van der Waals surface area contributed by atoms with Crippen molar-refractivity contribution in [2.75, 3.05) is 6.54 Å². The van der Waals surface area contributed by atoms with Crippen LogP contribution in [0.1, 0.15) is 36.1 Å². The molecule has 0 radical (unpaired) electrons. The summed E-state index contributed by atoms with van der Waals surface area (Å²) >= 11 is 3.49. The van der Waals surface area contributed by atoms with Crippen LogP contribution in [0.15, 0.2) is 22.9 Å². The molecule has 1 aliphatic carbocycles. The van der Waals surface area contributed by atoms with Gasteiger partial charge in [0.05, 0.1) is 17.1 Å². The van der Waals surface area contributed by atoms with Crippen LogP contribution < -0.4 is 0 Å². The highest BCUT2D eigenvalue weighted by atomic mass is 32.1. The fraction of sp³-hybridized carbons (Fsp3) is 0.438. The molecule has 5 rings (SSSR count). The lowest BCUT2D eigenvalue weighted by atomic mass is 10.3. The van der Waals surface area contributed by atoms with E-state index in [1.54, 1.807) is 22.7 Å². The Hall–Kier alpha value is -1.57. The summed E-state index contributed by atoms with van der Waals surface area (Å²) in [5.74, 6) is 3.01. The van der Waals surface area contributed by atoms with Crippen LogP contribution in [-0.4, -0.2) is 31.2 Å². The van der Waals surface area contributed by atoms with Crippen LogP contribution in [0.2, 0.25) is 0 Å². The van der Waals surface area contributed by atoms with Gasteiger partial charge in [-0.2, -0.15) is 0 Å². The Bertz CT molecular complexity index is 816. The molecule has 0 saturated heterocycles. The van der Waals surface area contributed by atoms with E-state index in [0.717, 1.165) is 42.7 Å². The van der Waals surface area contributed by atoms with E-state index >= 15 is 0 Å². The van der Waals surface area contributed by atoms with Crippen LogP contribution in [-0.2, 0) is 19.6 Å². The van der Waals surface area contributed by atoms with Crippen molar-refractivity contribution in [2.24, 2.45) is 0 Å². The molecule has 3 aromatic rings. The van der Waals surface area contributed by atoms with Crippen LogP contribution in [0.3, 0.4) is 0 Å². The quantitative estimate of drug-likeness (QED) is 0.729. The third-order valence-electron chi connectivity index (χ3n) is 4.47. The average molecular weight is 343 g/mol. The Balaban J connectivity index is 1.30. The largest absolute Gasteiger partial charge is 0.312 e. The molecule has 0 atom stereocenters. The summed E-state index contributed by atoms with van der Waals surface area (Å²) in [7, 11) is 0. The van der Waals surface area contributed by atoms with Crippen molar-refractivity contribution in [1.82, 2.24) is 24.6 Å². The number of thiophene rings is 1. The summed E-state index contributed by atoms with van der Waals surface area (Å²) in [4.78, 5) is 8.47. The Morgan fingerprint density at radius 3 is 2.96 bits per heavy atom. The standard InChI is InChI=1S/C16H17N5S2/c1-2-13(22-7-1)16-17-12(10-23-16)8-20-5-6-21-14(9-20)18-19-15(21)11-3-4-11/h1-2,7,10-11H,3-6,8-9H2. The minimum atomic E-state index is 0.676. The molecule has 1 aliphatic heterocycles. The second kappa shape index (κ2) is 5.51. The van der Waals surface area contributed by atoms with Crippen LogP contribution >= 0.6 is 22.7 Å². The maximum absolute atomic E-state index is 4.79. The first-order valence-electron chi connectivity index (χ1n) is 7.99. The molecule has 118 valence electrons. The van der Waals surface area contributed by atoms with Gasteiger partial charge in [0.2, 0.25) is 0 Å². The van der Waals surface area contributed by atoms with Gasteiger partial charge in [0.25, 0.3) is 0 Å². The van der Waals surface area contributed by atoms with Crippen molar-refractivity contribution >= 4 is 22.7 Å². The predicted molar refractivity (Wildman–Crippen MR) is 91.5 cm³/mol. The first kappa shape index (κ1) is 13.8. The third-order valence-corrected chi connectivity index (χ3v) is 6.40. The summed E-state index contributed by atoms with van der Waals surface area (Å²) in [5, 5.41) is 14.2. The van der Waals surface area contributed by atoms with Crippen molar-refractivity contribution in [2.45, 2.75) is 38.4 Å². The predicted octanol–water partition coefficient (Wildman–Crippen LogP) is 3.36. The van der Waals surface area contributed by atoms with Gasteiger partial charge in [-0.3, -0.25) is 4.90 Å². The molecule has 5 nitrogen and oxygen atoms in total. The molecule has 1 saturated carbocycles. The Morgan fingerprint density at radius 2 is 2.13 bits per heavy atom. The molecule has 0 aromatic carbocycles. The van der Waals surface area contributed by atoms with Gasteiger partial charge < -0.3 is 4.57 Å². The summed E-state index contributed by atoms with van der Waals surface area (Å²) in [6, 6.07) is 4.21. The molecule has 0 spiro atoms. The molecule has 0 bridgehead atoms. The van der Waals surface area contributed by atoms with E-state index < -0.39 is 0 Å². The lowest BCUT2D eigenvalue weighted by Gasteiger charge is -2.27. The highest BCUT2D eigenvalue weighted by Crippen LogP contribution is 2.39. The van der Waals surface area contributed by atoms with E-state index in [4.69, 9.17) is 4.98 Å². The molecule has 0 N–H and O–H groups in total. The summed E-state index contributed by atoms with van der Waals surface area (Å²) in [5.41, 5.74) is 1.16. The van der Waals surface area contributed by atoms with Gasteiger partial charge in [0.1, 0.15) is 16.7 Å². The van der Waals surface area contributed by atoms with Crippen molar-refractivity contribution in [1.29, 1.82) is 0 Å². The molecule has 0 amide bonds. The van der Waals surface area contributed by atoms with Gasteiger partial charge >= 0.3 is 0 Å². The fourth-order valence-electron chi connectivity index (χ4n) is 3.13. The minimum absolute atomic E-state index is 0.676. The SMILES string of the molecule is c1csc(-c2nc(CN3CCn4c(nnc4C4CC4)C3)cs2)c1. The number of nitrogens with zero attached hydrogens (tertiary/aromatic N) is 5. The van der Waals surface area contributed by atoms with Gasteiger partial charge in [-0.25, -0.2) is 4.98 Å². The molecule has 0 unspecified atom stereocenters. The summed E-state index contributed by atoms with van der Waals surface area (Å²) in [6.45, 7) is 3.84. The van der Waals surface area contributed by atoms with Gasteiger partial charge in [0.15, 0.2) is 0 Å². The van der Waals surface area contributed by atoms with E-state index in [1.165, 1.54) is 23.5 Å². The maximum atomic E-state index is 4.79. The van der Waals surface area contributed by atoms with Crippen LogP contribution in [0.25, 0.3) is 9.88 Å².